The molecule has 2 aromatic heterocycles. The first-order valence-corrected chi connectivity index (χ1v) is 7.39. The molecule has 0 aliphatic carbocycles. The predicted octanol–water partition coefficient (Wildman–Crippen LogP) is 2.90. The van der Waals surface area contributed by atoms with Crippen molar-refractivity contribution in [1.29, 1.82) is 0 Å². The van der Waals surface area contributed by atoms with E-state index in [1.54, 1.807) is 19.2 Å². The van der Waals surface area contributed by atoms with Crippen LogP contribution in [-0.2, 0) is 4.79 Å². The molecular weight excluding hydrogens is 293 g/mol. The van der Waals surface area contributed by atoms with Gasteiger partial charge in [-0.2, -0.15) is 15.0 Å². The van der Waals surface area contributed by atoms with Gasteiger partial charge in [-0.25, -0.2) is 4.39 Å². The van der Waals surface area contributed by atoms with Gasteiger partial charge in [0.15, 0.2) is 0 Å². The molecule has 0 aliphatic heterocycles. The molecule has 112 valence electrons. The quantitative estimate of drug-likeness (QED) is 0.887. The summed E-state index contributed by atoms with van der Waals surface area (Å²) < 4.78 is 13.5. The van der Waals surface area contributed by atoms with Gasteiger partial charge in [-0.3, -0.25) is 10.1 Å². The van der Waals surface area contributed by atoms with Crippen LogP contribution in [0, 0.1) is 12.7 Å². The third-order valence-corrected chi connectivity index (χ3v) is 3.78. The molecule has 0 saturated heterocycles. The number of thiophene rings is 1. The minimum atomic E-state index is -0.276. The van der Waals surface area contributed by atoms with E-state index in [0.29, 0.717) is 23.1 Å². The highest BCUT2D eigenvalue weighted by Crippen LogP contribution is 2.25. The summed E-state index contributed by atoms with van der Waals surface area (Å²) in [6.45, 7) is 5.26. The Morgan fingerprint density at radius 2 is 2.10 bits per heavy atom. The van der Waals surface area contributed by atoms with E-state index in [9.17, 15) is 9.18 Å². The van der Waals surface area contributed by atoms with E-state index in [2.05, 4.69) is 25.6 Å². The molecule has 0 spiro atoms. The van der Waals surface area contributed by atoms with E-state index in [1.807, 2.05) is 6.92 Å². The molecule has 2 N–H and O–H groups in total. The topological polar surface area (TPSA) is 79.8 Å². The van der Waals surface area contributed by atoms with Crippen molar-refractivity contribution in [3.63, 3.8) is 0 Å². The van der Waals surface area contributed by atoms with Gasteiger partial charge in [-0.1, -0.05) is 6.92 Å². The summed E-state index contributed by atoms with van der Waals surface area (Å²) in [6.07, 6.45) is 0.338. The highest BCUT2D eigenvalue weighted by Gasteiger charge is 2.14. The molecule has 0 fully saturated rings. The SMILES string of the molecule is CCC(=O)Nc1nc(C)nc(NC(C)c2sccc2F)n1. The summed E-state index contributed by atoms with van der Waals surface area (Å²) in [5.74, 6) is 0.525. The summed E-state index contributed by atoms with van der Waals surface area (Å²) in [7, 11) is 0. The lowest BCUT2D eigenvalue weighted by Gasteiger charge is -2.13. The number of amides is 1. The number of hydrogen-bond donors (Lipinski definition) is 2. The Labute approximate surface area is 125 Å². The molecule has 6 nitrogen and oxygen atoms in total. The van der Waals surface area contributed by atoms with E-state index in [1.165, 1.54) is 17.4 Å². The zero-order valence-electron chi connectivity index (χ0n) is 12.0. The van der Waals surface area contributed by atoms with Crippen molar-refractivity contribution < 1.29 is 9.18 Å². The van der Waals surface area contributed by atoms with Crippen LogP contribution in [0.4, 0.5) is 16.3 Å². The number of nitrogens with zero attached hydrogens (tertiary/aromatic N) is 3. The number of anilines is 2. The first kappa shape index (κ1) is 15.3. The number of aryl methyl sites for hydroxylation is 1. The molecule has 8 heteroatoms. The molecule has 21 heavy (non-hydrogen) atoms. The molecule has 1 amide bonds. The average molecular weight is 309 g/mol. The second-order valence-electron chi connectivity index (χ2n) is 4.43. The lowest BCUT2D eigenvalue weighted by Crippen LogP contribution is -2.16. The number of hydrogen-bond acceptors (Lipinski definition) is 6. The third kappa shape index (κ3) is 3.94. The van der Waals surface area contributed by atoms with Gasteiger partial charge in [0.25, 0.3) is 0 Å². The van der Waals surface area contributed by atoms with Crippen LogP contribution in [0.2, 0.25) is 0 Å². The van der Waals surface area contributed by atoms with Crippen LogP contribution in [0.25, 0.3) is 0 Å². The summed E-state index contributed by atoms with van der Waals surface area (Å²) in [5, 5.41) is 7.28. The van der Waals surface area contributed by atoms with Crippen molar-refractivity contribution >= 4 is 29.1 Å². The monoisotopic (exact) mass is 309 g/mol. The number of nitrogens with one attached hydrogen (secondary N) is 2. The van der Waals surface area contributed by atoms with Crippen LogP contribution in [0.15, 0.2) is 11.4 Å². The van der Waals surface area contributed by atoms with Gasteiger partial charge >= 0.3 is 0 Å². The van der Waals surface area contributed by atoms with Gasteiger partial charge in [0.05, 0.1) is 10.9 Å². The maximum absolute atomic E-state index is 13.5. The van der Waals surface area contributed by atoms with Gasteiger partial charge < -0.3 is 5.32 Å². The van der Waals surface area contributed by atoms with Crippen molar-refractivity contribution in [1.82, 2.24) is 15.0 Å². The summed E-state index contributed by atoms with van der Waals surface area (Å²) in [5.41, 5.74) is 0. The second kappa shape index (κ2) is 6.57. The van der Waals surface area contributed by atoms with Crippen LogP contribution >= 0.6 is 11.3 Å². The fraction of sp³-hybridized carbons (Fsp3) is 0.385. The smallest absolute Gasteiger partial charge is 0.234 e. The van der Waals surface area contributed by atoms with Crippen LogP contribution in [0.3, 0.4) is 0 Å². The lowest BCUT2D eigenvalue weighted by molar-refractivity contribution is -0.115. The normalized spacial score (nSPS) is 12.0. The second-order valence-corrected chi connectivity index (χ2v) is 5.38. The molecule has 0 radical (unpaired) electrons. The number of carbonyl (C=O) groups is 1. The van der Waals surface area contributed by atoms with E-state index in [0.717, 1.165) is 0 Å². The fourth-order valence-corrected chi connectivity index (χ4v) is 2.47. The standard InChI is InChI=1S/C13H16FN5OS/c1-4-10(20)18-13-17-8(3)16-12(19-13)15-7(2)11-9(14)5-6-21-11/h5-7H,4H2,1-3H3,(H2,15,16,17,18,19,20). The molecule has 0 aromatic carbocycles. The Morgan fingerprint density at radius 1 is 1.38 bits per heavy atom. The fourth-order valence-electron chi connectivity index (χ4n) is 1.69. The zero-order valence-corrected chi connectivity index (χ0v) is 12.8. The predicted molar refractivity (Wildman–Crippen MR) is 79.8 cm³/mol. The van der Waals surface area contributed by atoms with Crippen LogP contribution < -0.4 is 10.6 Å². The van der Waals surface area contributed by atoms with E-state index in [-0.39, 0.29) is 23.7 Å². The Bertz CT molecular complexity index is 645. The van der Waals surface area contributed by atoms with Gasteiger partial charge in [-0.15, -0.1) is 11.3 Å². The third-order valence-electron chi connectivity index (χ3n) is 2.70. The van der Waals surface area contributed by atoms with Crippen LogP contribution in [0.5, 0.6) is 0 Å². The molecule has 1 unspecified atom stereocenters. The first-order valence-electron chi connectivity index (χ1n) is 6.51. The molecule has 2 heterocycles. The Balaban J connectivity index is 2.16. The number of carbonyl (C=O) groups excluding carboxylic acids is 1. The minimum absolute atomic E-state index is 0.177. The Kier molecular flexibility index (Phi) is 4.79. The summed E-state index contributed by atoms with van der Waals surface area (Å²) >= 11 is 1.32. The lowest BCUT2D eigenvalue weighted by atomic mass is 10.3. The Morgan fingerprint density at radius 3 is 2.71 bits per heavy atom. The molecule has 2 rings (SSSR count). The first-order chi connectivity index (χ1) is 9.99. The summed E-state index contributed by atoms with van der Waals surface area (Å²) in [4.78, 5) is 24.3. The molecule has 0 saturated carbocycles. The molecule has 2 aromatic rings. The number of halogens is 1. The number of rotatable bonds is 5. The zero-order chi connectivity index (χ0) is 15.4. The van der Waals surface area contributed by atoms with Gasteiger partial charge in [0.2, 0.25) is 17.8 Å². The van der Waals surface area contributed by atoms with Crippen molar-refractivity contribution in [2.45, 2.75) is 33.2 Å². The largest absolute Gasteiger partial charge is 0.347 e. The van der Waals surface area contributed by atoms with E-state index >= 15 is 0 Å². The molecule has 0 aliphatic rings. The van der Waals surface area contributed by atoms with E-state index in [4.69, 9.17) is 0 Å². The molecule has 1 atom stereocenters. The van der Waals surface area contributed by atoms with E-state index < -0.39 is 0 Å². The molecule has 0 bridgehead atoms. The maximum atomic E-state index is 13.5. The van der Waals surface area contributed by atoms with Gasteiger partial charge in [0, 0.05) is 6.42 Å². The number of aromatic nitrogens is 3. The van der Waals surface area contributed by atoms with Crippen molar-refractivity contribution in [3.8, 4) is 0 Å². The van der Waals surface area contributed by atoms with Crippen molar-refractivity contribution in [2.75, 3.05) is 10.6 Å². The highest BCUT2D eigenvalue weighted by molar-refractivity contribution is 7.10. The summed E-state index contributed by atoms with van der Waals surface area (Å²) in [6, 6.07) is 1.14. The minimum Gasteiger partial charge on any atom is -0.347 e. The van der Waals surface area contributed by atoms with Gasteiger partial charge in [0.1, 0.15) is 11.6 Å². The van der Waals surface area contributed by atoms with Crippen molar-refractivity contribution in [3.05, 3.63) is 28.0 Å². The van der Waals surface area contributed by atoms with Crippen LogP contribution in [-0.4, -0.2) is 20.9 Å². The maximum Gasteiger partial charge on any atom is 0.234 e. The van der Waals surface area contributed by atoms with Gasteiger partial charge in [-0.05, 0) is 25.3 Å². The average Bonchev–Trinajstić information content (AvgIpc) is 2.84. The van der Waals surface area contributed by atoms with Crippen molar-refractivity contribution in [2.24, 2.45) is 0 Å². The molecular formula is C13H16FN5OS. The highest BCUT2D eigenvalue weighted by atomic mass is 32.1. The Hall–Kier alpha value is -2.09. The van der Waals surface area contributed by atoms with Crippen LogP contribution in [0.1, 0.15) is 37.0 Å².